The van der Waals surface area contributed by atoms with Crippen LogP contribution in [0.3, 0.4) is 0 Å². The van der Waals surface area contributed by atoms with Gasteiger partial charge in [0.1, 0.15) is 23.8 Å². The molecule has 0 spiro atoms. The summed E-state index contributed by atoms with van der Waals surface area (Å²) in [4.78, 5) is 6.69. The van der Waals surface area contributed by atoms with E-state index in [-0.39, 0.29) is 24.7 Å². The van der Waals surface area contributed by atoms with E-state index < -0.39 is 6.23 Å². The van der Waals surface area contributed by atoms with Crippen LogP contribution in [0.4, 0.5) is 5.69 Å². The highest BCUT2D eigenvalue weighted by Crippen LogP contribution is 2.31. The number of anilines is 1. The third kappa shape index (κ3) is 7.04. The van der Waals surface area contributed by atoms with E-state index in [1.54, 1.807) is 12.3 Å². The molecule has 2 fully saturated rings. The predicted octanol–water partition coefficient (Wildman–Crippen LogP) is 4.28. The second-order valence-corrected chi connectivity index (χ2v) is 10.5. The molecule has 0 radical (unpaired) electrons. The van der Waals surface area contributed by atoms with E-state index in [0.717, 1.165) is 49.1 Å². The highest BCUT2D eigenvalue weighted by atomic mass is 16.5. The second-order valence-electron chi connectivity index (χ2n) is 10.5. The SMILES string of the molecule is C=CC(NC(O)C1=CC(CCO)CN=C1)c1ccc(OC2CCN(c3ccc(OCC4CC4)cc3)C2)cc1. The summed E-state index contributed by atoms with van der Waals surface area (Å²) in [5.41, 5.74) is 2.90. The van der Waals surface area contributed by atoms with Crippen molar-refractivity contribution in [3.63, 3.8) is 0 Å². The van der Waals surface area contributed by atoms with E-state index >= 15 is 0 Å². The molecule has 1 saturated carbocycles. The molecule has 2 aromatic rings. The molecule has 0 bridgehead atoms. The van der Waals surface area contributed by atoms with Crippen LogP contribution < -0.4 is 19.7 Å². The Kier molecular flexibility index (Phi) is 8.79. The summed E-state index contributed by atoms with van der Waals surface area (Å²) in [5.74, 6) is 2.68. The molecule has 4 unspecified atom stereocenters. The van der Waals surface area contributed by atoms with Crippen molar-refractivity contribution in [2.75, 3.05) is 37.7 Å². The summed E-state index contributed by atoms with van der Waals surface area (Å²) in [5, 5.41) is 23.2. The summed E-state index contributed by atoms with van der Waals surface area (Å²) in [6.07, 6.45) is 8.93. The van der Waals surface area contributed by atoms with Crippen molar-refractivity contribution in [2.45, 2.75) is 44.1 Å². The highest BCUT2D eigenvalue weighted by Gasteiger charge is 2.25. The molecule has 7 nitrogen and oxygen atoms in total. The fourth-order valence-corrected chi connectivity index (χ4v) is 4.99. The van der Waals surface area contributed by atoms with E-state index in [1.807, 2.05) is 30.3 Å². The second kappa shape index (κ2) is 12.6. The molecule has 3 aliphatic rings. The van der Waals surface area contributed by atoms with Gasteiger partial charge in [-0.2, -0.15) is 0 Å². The zero-order valence-electron chi connectivity index (χ0n) is 21.9. The molecule has 4 atom stereocenters. The van der Waals surface area contributed by atoms with Crippen molar-refractivity contribution in [2.24, 2.45) is 16.8 Å². The van der Waals surface area contributed by atoms with E-state index in [0.29, 0.717) is 18.5 Å². The molecule has 0 aromatic heterocycles. The maximum absolute atomic E-state index is 10.7. The van der Waals surface area contributed by atoms with E-state index in [1.165, 1.54) is 18.5 Å². The van der Waals surface area contributed by atoms with Crippen molar-refractivity contribution in [3.8, 4) is 11.5 Å². The normalized spacial score (nSPS) is 22.6. The van der Waals surface area contributed by atoms with Crippen molar-refractivity contribution >= 4 is 11.9 Å². The highest BCUT2D eigenvalue weighted by molar-refractivity contribution is 5.80. The number of nitrogens with zero attached hydrogens (tertiary/aromatic N) is 2. The molecule has 1 saturated heterocycles. The summed E-state index contributed by atoms with van der Waals surface area (Å²) in [6, 6.07) is 16.1. The topological polar surface area (TPSA) is 86.5 Å². The average Bonchev–Trinajstić information content (AvgIpc) is 3.67. The van der Waals surface area contributed by atoms with Gasteiger partial charge in [0, 0.05) is 43.6 Å². The van der Waals surface area contributed by atoms with Crippen molar-refractivity contribution < 1.29 is 19.7 Å². The first kappa shape index (κ1) is 26.5. The number of dihydropyridines is 1. The van der Waals surface area contributed by atoms with E-state index in [4.69, 9.17) is 9.47 Å². The molecule has 3 N–H and O–H groups in total. The number of ether oxygens (including phenoxy) is 2. The van der Waals surface area contributed by atoms with Gasteiger partial charge in [-0.05, 0) is 73.1 Å². The van der Waals surface area contributed by atoms with E-state index in [9.17, 15) is 10.2 Å². The van der Waals surface area contributed by atoms with Gasteiger partial charge in [-0.25, -0.2) is 0 Å². The van der Waals surface area contributed by atoms with Crippen LogP contribution in [0.5, 0.6) is 11.5 Å². The van der Waals surface area contributed by atoms with Gasteiger partial charge < -0.3 is 24.6 Å². The molecule has 2 aromatic carbocycles. The number of aliphatic hydroxyl groups excluding tert-OH is 2. The molecule has 7 heteroatoms. The lowest BCUT2D eigenvalue weighted by Crippen LogP contribution is -2.35. The van der Waals surface area contributed by atoms with Gasteiger partial charge >= 0.3 is 0 Å². The Morgan fingerprint density at radius 3 is 2.55 bits per heavy atom. The van der Waals surface area contributed by atoms with Gasteiger partial charge in [-0.3, -0.25) is 10.3 Å². The van der Waals surface area contributed by atoms with Crippen LogP contribution in [0, 0.1) is 11.8 Å². The largest absolute Gasteiger partial charge is 0.493 e. The Morgan fingerprint density at radius 1 is 1.08 bits per heavy atom. The zero-order chi connectivity index (χ0) is 26.3. The van der Waals surface area contributed by atoms with Gasteiger partial charge in [0.15, 0.2) is 0 Å². The minimum Gasteiger partial charge on any atom is -0.493 e. The predicted molar refractivity (Wildman–Crippen MR) is 151 cm³/mol. The minimum atomic E-state index is -0.873. The molecular weight excluding hydrogens is 478 g/mol. The van der Waals surface area contributed by atoms with Crippen LogP contribution in [0.25, 0.3) is 0 Å². The number of aliphatic imine (C=N–C) groups is 1. The van der Waals surface area contributed by atoms with Crippen LogP contribution in [-0.2, 0) is 0 Å². The summed E-state index contributed by atoms with van der Waals surface area (Å²) in [7, 11) is 0. The van der Waals surface area contributed by atoms with Crippen molar-refractivity contribution in [3.05, 3.63) is 78.4 Å². The monoisotopic (exact) mass is 517 g/mol. The van der Waals surface area contributed by atoms with Gasteiger partial charge in [0.2, 0.25) is 0 Å². The molecule has 5 rings (SSSR count). The van der Waals surface area contributed by atoms with E-state index in [2.05, 4.69) is 46.1 Å². The standard InChI is InChI=1S/C31H39N3O4/c1-2-30(33-31(36)25-17-23(14-16-35)18-32-19-25)24-5-9-28(10-6-24)38-29-13-15-34(20-29)26-7-11-27(12-8-26)37-21-22-3-4-22/h2,5-12,17,19,22-23,29-31,33,35-36H,1,3-4,13-16,18,20-21H2. The number of aliphatic hydroxyl groups is 2. The molecular formula is C31H39N3O4. The lowest BCUT2D eigenvalue weighted by molar-refractivity contribution is 0.168. The van der Waals surface area contributed by atoms with Crippen LogP contribution >= 0.6 is 0 Å². The van der Waals surface area contributed by atoms with Crippen LogP contribution in [-0.4, -0.2) is 61.6 Å². The maximum atomic E-state index is 10.7. The van der Waals surface area contributed by atoms with Crippen molar-refractivity contribution in [1.82, 2.24) is 5.32 Å². The third-order valence-corrected chi connectivity index (χ3v) is 7.47. The number of hydrogen-bond donors (Lipinski definition) is 3. The number of hydrogen-bond acceptors (Lipinski definition) is 7. The average molecular weight is 518 g/mol. The Morgan fingerprint density at radius 2 is 1.84 bits per heavy atom. The first-order valence-corrected chi connectivity index (χ1v) is 13.7. The fraction of sp³-hybridized carbons (Fsp3) is 0.452. The Bertz CT molecular complexity index is 1110. The molecule has 1 aliphatic carbocycles. The smallest absolute Gasteiger partial charge is 0.132 e. The van der Waals surface area contributed by atoms with Crippen LogP contribution in [0.2, 0.25) is 0 Å². The third-order valence-electron chi connectivity index (χ3n) is 7.47. The number of rotatable bonds is 13. The maximum Gasteiger partial charge on any atom is 0.132 e. The van der Waals surface area contributed by atoms with Gasteiger partial charge in [-0.15, -0.1) is 6.58 Å². The fourth-order valence-electron chi connectivity index (χ4n) is 4.99. The quantitative estimate of drug-likeness (QED) is 0.272. The molecule has 202 valence electrons. The Labute approximate surface area is 225 Å². The lowest BCUT2D eigenvalue weighted by atomic mass is 9.99. The van der Waals surface area contributed by atoms with Crippen molar-refractivity contribution in [1.29, 1.82) is 0 Å². The first-order valence-electron chi connectivity index (χ1n) is 13.7. The molecule has 0 amide bonds. The molecule has 38 heavy (non-hydrogen) atoms. The lowest BCUT2D eigenvalue weighted by Gasteiger charge is -2.24. The van der Waals surface area contributed by atoms with Crippen LogP contribution in [0.15, 0.2) is 77.8 Å². The molecule has 2 aliphatic heterocycles. The Hall–Kier alpha value is -3.13. The zero-order valence-corrected chi connectivity index (χ0v) is 21.9. The Balaban J connectivity index is 1.11. The number of benzene rings is 2. The molecule has 2 heterocycles. The summed E-state index contributed by atoms with van der Waals surface area (Å²) < 4.78 is 12.2. The minimum absolute atomic E-state index is 0.110. The van der Waals surface area contributed by atoms with Gasteiger partial charge in [-0.1, -0.05) is 24.3 Å². The summed E-state index contributed by atoms with van der Waals surface area (Å²) in [6.45, 7) is 7.34. The van der Waals surface area contributed by atoms with Gasteiger partial charge in [0.05, 0.1) is 19.2 Å². The van der Waals surface area contributed by atoms with Crippen LogP contribution in [0.1, 0.15) is 37.3 Å². The first-order chi connectivity index (χ1) is 18.6. The number of nitrogens with one attached hydrogen (secondary N) is 1. The summed E-state index contributed by atoms with van der Waals surface area (Å²) >= 11 is 0. The van der Waals surface area contributed by atoms with Gasteiger partial charge in [0.25, 0.3) is 0 Å².